The highest BCUT2D eigenvalue weighted by molar-refractivity contribution is 5.90. The average Bonchev–Trinajstić information content (AvgIpc) is 2.88. The maximum Gasteiger partial charge on any atom is 0.132 e. The highest BCUT2D eigenvalue weighted by Crippen LogP contribution is 2.35. The fraction of sp³-hybridized carbons (Fsp3) is 0.278. The zero-order valence-electron chi connectivity index (χ0n) is 12.4. The molecule has 2 aromatic carbocycles. The van der Waals surface area contributed by atoms with Gasteiger partial charge in [0.15, 0.2) is 0 Å². The van der Waals surface area contributed by atoms with Crippen molar-refractivity contribution in [3.63, 3.8) is 0 Å². The summed E-state index contributed by atoms with van der Waals surface area (Å²) < 4.78 is 2.18. The lowest BCUT2D eigenvalue weighted by atomic mass is 9.96. The van der Waals surface area contributed by atoms with E-state index in [-0.39, 0.29) is 0 Å². The molecule has 0 spiro atoms. The lowest BCUT2D eigenvalue weighted by Gasteiger charge is -2.27. The van der Waals surface area contributed by atoms with Crippen LogP contribution in [0.4, 0.5) is 5.82 Å². The van der Waals surface area contributed by atoms with Gasteiger partial charge in [0.25, 0.3) is 0 Å². The number of nitrogens with zero attached hydrogens (tertiary/aromatic N) is 2. The normalized spacial score (nSPS) is 17.5. The third kappa shape index (κ3) is 1.92. The van der Waals surface area contributed by atoms with E-state index < -0.39 is 0 Å². The third-order valence-corrected chi connectivity index (χ3v) is 4.40. The van der Waals surface area contributed by atoms with Gasteiger partial charge in [-0.2, -0.15) is 5.10 Å². The molecule has 4 rings (SSSR count). The predicted molar refractivity (Wildman–Crippen MR) is 86.9 cm³/mol. The number of hydrogen-bond acceptors (Lipinski definition) is 2. The number of aromatic nitrogens is 2. The van der Waals surface area contributed by atoms with Crippen molar-refractivity contribution in [3.8, 4) is 0 Å². The Balaban J connectivity index is 1.92. The molecule has 3 heteroatoms. The van der Waals surface area contributed by atoms with Crippen LogP contribution in [0, 0.1) is 13.8 Å². The molecule has 106 valence electrons. The Labute approximate surface area is 124 Å². The molecule has 2 heterocycles. The fourth-order valence-electron chi connectivity index (χ4n) is 3.31. The van der Waals surface area contributed by atoms with Gasteiger partial charge in [0.1, 0.15) is 5.82 Å². The predicted octanol–water partition coefficient (Wildman–Crippen LogP) is 4.06. The van der Waals surface area contributed by atoms with Gasteiger partial charge in [0.05, 0.1) is 11.6 Å². The summed E-state index contributed by atoms with van der Waals surface area (Å²) in [4.78, 5) is 0. The first kappa shape index (κ1) is 12.5. The molecule has 1 aliphatic rings. The molecule has 0 aliphatic carbocycles. The van der Waals surface area contributed by atoms with Crippen LogP contribution in [0.5, 0.6) is 0 Å². The number of fused-ring (bicyclic) bond motifs is 3. The Morgan fingerprint density at radius 1 is 1.14 bits per heavy atom. The van der Waals surface area contributed by atoms with E-state index >= 15 is 0 Å². The Morgan fingerprint density at radius 3 is 2.90 bits per heavy atom. The molecule has 1 N–H and O–H groups in total. The first-order chi connectivity index (χ1) is 10.2. The smallest absolute Gasteiger partial charge is 0.132 e. The highest BCUT2D eigenvalue weighted by Gasteiger charge is 2.25. The van der Waals surface area contributed by atoms with E-state index in [1.54, 1.807) is 0 Å². The van der Waals surface area contributed by atoms with Crippen LogP contribution in [0.1, 0.15) is 29.2 Å². The quantitative estimate of drug-likeness (QED) is 0.727. The minimum Gasteiger partial charge on any atom is -0.370 e. The number of hydrogen-bond donors (Lipinski definition) is 1. The lowest BCUT2D eigenvalue weighted by Crippen LogP contribution is -2.25. The maximum atomic E-state index is 4.84. The molecule has 1 unspecified atom stereocenters. The van der Waals surface area contributed by atoms with Crippen LogP contribution in [0.3, 0.4) is 0 Å². The second kappa shape index (κ2) is 4.62. The molecular weight excluding hydrogens is 258 g/mol. The van der Waals surface area contributed by atoms with Crippen molar-refractivity contribution in [2.75, 3.05) is 11.9 Å². The molecule has 3 aromatic rings. The van der Waals surface area contributed by atoms with Crippen LogP contribution in [-0.2, 0) is 0 Å². The largest absolute Gasteiger partial charge is 0.370 e. The van der Waals surface area contributed by atoms with Crippen LogP contribution >= 0.6 is 0 Å². The summed E-state index contributed by atoms with van der Waals surface area (Å²) in [5.74, 6) is 1.16. The molecule has 3 nitrogen and oxygen atoms in total. The number of benzene rings is 2. The number of aryl methyl sites for hydroxylation is 2. The zero-order valence-corrected chi connectivity index (χ0v) is 12.4. The average molecular weight is 277 g/mol. The minimum atomic E-state index is 0.327. The summed E-state index contributed by atoms with van der Waals surface area (Å²) in [5.41, 5.74) is 5.12. The van der Waals surface area contributed by atoms with Crippen molar-refractivity contribution in [1.82, 2.24) is 9.78 Å². The molecule has 0 fully saturated rings. The molecule has 1 aliphatic heterocycles. The van der Waals surface area contributed by atoms with Gasteiger partial charge in [-0.25, -0.2) is 4.68 Å². The van der Waals surface area contributed by atoms with Gasteiger partial charge in [-0.05, 0) is 43.5 Å². The monoisotopic (exact) mass is 277 g/mol. The first-order valence-corrected chi connectivity index (χ1v) is 7.52. The Bertz CT molecular complexity index is 816. The van der Waals surface area contributed by atoms with E-state index in [0.29, 0.717) is 6.04 Å². The van der Waals surface area contributed by atoms with Crippen LogP contribution in [0.25, 0.3) is 10.9 Å². The molecular formula is C18H19N3. The molecule has 0 bridgehead atoms. The Kier molecular flexibility index (Phi) is 2.74. The third-order valence-electron chi connectivity index (χ3n) is 4.40. The SMILES string of the molecule is Cc1ccc(C)c(C2CCNc3c4ccccc4nn32)c1. The second-order valence-corrected chi connectivity index (χ2v) is 5.90. The van der Waals surface area contributed by atoms with E-state index in [4.69, 9.17) is 5.10 Å². The topological polar surface area (TPSA) is 29.9 Å². The number of rotatable bonds is 1. The Morgan fingerprint density at radius 2 is 2.00 bits per heavy atom. The summed E-state index contributed by atoms with van der Waals surface area (Å²) >= 11 is 0. The van der Waals surface area contributed by atoms with E-state index in [9.17, 15) is 0 Å². The van der Waals surface area contributed by atoms with Crippen LogP contribution < -0.4 is 5.32 Å². The van der Waals surface area contributed by atoms with Gasteiger partial charge in [-0.3, -0.25) is 0 Å². The number of nitrogens with one attached hydrogen (secondary N) is 1. The molecule has 0 amide bonds. The van der Waals surface area contributed by atoms with Crippen molar-refractivity contribution in [2.45, 2.75) is 26.3 Å². The van der Waals surface area contributed by atoms with Gasteiger partial charge in [-0.15, -0.1) is 0 Å². The molecule has 0 radical (unpaired) electrons. The van der Waals surface area contributed by atoms with E-state index in [1.165, 1.54) is 22.1 Å². The van der Waals surface area contributed by atoms with Gasteiger partial charge in [-0.1, -0.05) is 35.9 Å². The maximum absolute atomic E-state index is 4.84. The van der Waals surface area contributed by atoms with Gasteiger partial charge >= 0.3 is 0 Å². The van der Waals surface area contributed by atoms with Crippen molar-refractivity contribution in [3.05, 3.63) is 59.2 Å². The summed E-state index contributed by atoms with van der Waals surface area (Å²) in [7, 11) is 0. The van der Waals surface area contributed by atoms with Gasteiger partial charge < -0.3 is 5.32 Å². The number of anilines is 1. The van der Waals surface area contributed by atoms with E-state index in [0.717, 1.165) is 24.3 Å². The van der Waals surface area contributed by atoms with Crippen LogP contribution in [-0.4, -0.2) is 16.3 Å². The fourth-order valence-corrected chi connectivity index (χ4v) is 3.31. The van der Waals surface area contributed by atoms with Crippen molar-refractivity contribution in [1.29, 1.82) is 0 Å². The molecule has 0 saturated carbocycles. The first-order valence-electron chi connectivity index (χ1n) is 7.52. The highest BCUT2D eigenvalue weighted by atomic mass is 15.4. The van der Waals surface area contributed by atoms with Crippen LogP contribution in [0.2, 0.25) is 0 Å². The van der Waals surface area contributed by atoms with E-state index in [2.05, 4.69) is 60.2 Å². The standard InChI is InChI=1S/C18H19N3/c1-12-7-8-13(2)15(11-12)17-9-10-19-18-14-5-3-4-6-16(14)20-21(17)18/h3-8,11,17,19H,9-10H2,1-2H3. The summed E-state index contributed by atoms with van der Waals surface area (Å²) in [5, 5.41) is 9.57. The Hall–Kier alpha value is -2.29. The molecule has 1 aromatic heterocycles. The van der Waals surface area contributed by atoms with Crippen LogP contribution in [0.15, 0.2) is 42.5 Å². The van der Waals surface area contributed by atoms with Gasteiger partial charge in [0, 0.05) is 11.9 Å². The zero-order chi connectivity index (χ0) is 14.4. The second-order valence-electron chi connectivity index (χ2n) is 5.90. The lowest BCUT2D eigenvalue weighted by molar-refractivity contribution is 0.483. The molecule has 0 saturated heterocycles. The summed E-state index contributed by atoms with van der Waals surface area (Å²) in [6.45, 7) is 5.35. The van der Waals surface area contributed by atoms with Gasteiger partial charge in [0.2, 0.25) is 0 Å². The van der Waals surface area contributed by atoms with E-state index in [1.807, 2.05) is 6.07 Å². The summed E-state index contributed by atoms with van der Waals surface area (Å²) in [6, 6.07) is 15.4. The van der Waals surface area contributed by atoms with Crippen molar-refractivity contribution >= 4 is 16.7 Å². The minimum absolute atomic E-state index is 0.327. The molecule has 21 heavy (non-hydrogen) atoms. The summed E-state index contributed by atoms with van der Waals surface area (Å²) in [6.07, 6.45) is 1.07. The molecule has 1 atom stereocenters. The van der Waals surface area contributed by atoms with Crippen molar-refractivity contribution in [2.24, 2.45) is 0 Å². The van der Waals surface area contributed by atoms with Crippen molar-refractivity contribution < 1.29 is 0 Å².